The minimum Gasteiger partial charge on any atom is -0.378 e. The number of benzene rings is 1. The molecule has 0 unspecified atom stereocenters. The maximum Gasteiger partial charge on any atom is 0.0645 e. The van der Waals surface area contributed by atoms with E-state index in [9.17, 15) is 0 Å². The van der Waals surface area contributed by atoms with Crippen molar-refractivity contribution < 1.29 is 4.74 Å². The van der Waals surface area contributed by atoms with Crippen LogP contribution in [0, 0.1) is 0 Å². The number of rotatable bonds is 3. The molecule has 2 saturated heterocycles. The first-order valence-corrected chi connectivity index (χ1v) is 8.32. The first kappa shape index (κ1) is 12.8. The second kappa shape index (κ2) is 5.50. The summed E-state index contributed by atoms with van der Waals surface area (Å²) in [6.07, 6.45) is 6.87. The largest absolute Gasteiger partial charge is 0.378 e. The molecule has 2 heterocycles. The molecule has 0 radical (unpaired) electrons. The predicted molar refractivity (Wildman–Crippen MR) is 81.2 cm³/mol. The summed E-state index contributed by atoms with van der Waals surface area (Å²) in [5, 5.41) is 0. The van der Waals surface area contributed by atoms with Crippen LogP contribution >= 0.6 is 0 Å². The Labute approximate surface area is 122 Å². The average molecular weight is 271 g/mol. The summed E-state index contributed by atoms with van der Waals surface area (Å²) < 4.78 is 5.31. The molecule has 1 aromatic rings. The molecular weight excluding hydrogens is 246 g/mol. The van der Waals surface area contributed by atoms with Crippen molar-refractivity contribution in [1.29, 1.82) is 0 Å². The molecule has 1 aromatic carbocycles. The van der Waals surface area contributed by atoms with Crippen LogP contribution in [0.5, 0.6) is 0 Å². The van der Waals surface area contributed by atoms with Gasteiger partial charge in [-0.1, -0.05) is 30.7 Å². The zero-order chi connectivity index (χ0) is 13.4. The Hall–Kier alpha value is -0.860. The lowest BCUT2D eigenvalue weighted by Gasteiger charge is -2.41. The molecule has 1 saturated carbocycles. The van der Waals surface area contributed by atoms with Crippen molar-refractivity contribution in [1.82, 2.24) is 4.90 Å². The third kappa shape index (κ3) is 2.40. The van der Waals surface area contributed by atoms with E-state index in [1.807, 2.05) is 0 Å². The quantitative estimate of drug-likeness (QED) is 0.834. The number of likely N-dealkylation sites (tertiary alicyclic amines) is 1. The highest BCUT2D eigenvalue weighted by molar-refractivity contribution is 5.29. The van der Waals surface area contributed by atoms with Gasteiger partial charge in [0.15, 0.2) is 0 Å². The topological polar surface area (TPSA) is 12.5 Å². The van der Waals surface area contributed by atoms with Crippen LogP contribution in [-0.4, -0.2) is 37.2 Å². The highest BCUT2D eigenvalue weighted by atomic mass is 16.5. The van der Waals surface area contributed by atoms with E-state index < -0.39 is 0 Å². The third-order valence-electron chi connectivity index (χ3n) is 5.65. The van der Waals surface area contributed by atoms with E-state index in [-0.39, 0.29) is 0 Å². The van der Waals surface area contributed by atoms with Gasteiger partial charge in [0, 0.05) is 0 Å². The predicted octanol–water partition coefficient (Wildman–Crippen LogP) is 3.53. The standard InChI is InChI=1S/C18H25NO/c1-2-14(3-1)15-4-6-16(7-5-15)17-8-10-19(11-9-17)18-12-20-13-18/h4-7,14,17-18H,1-3,8-13H2. The van der Waals surface area contributed by atoms with Crippen molar-refractivity contribution in [3.63, 3.8) is 0 Å². The lowest BCUT2D eigenvalue weighted by Crippen LogP contribution is -2.51. The van der Waals surface area contributed by atoms with E-state index in [1.165, 1.54) is 45.2 Å². The van der Waals surface area contributed by atoms with Crippen LogP contribution in [0.3, 0.4) is 0 Å². The van der Waals surface area contributed by atoms with Gasteiger partial charge in [0.2, 0.25) is 0 Å². The molecule has 0 spiro atoms. The second-order valence-corrected chi connectivity index (χ2v) is 6.80. The van der Waals surface area contributed by atoms with Crippen molar-refractivity contribution in [2.75, 3.05) is 26.3 Å². The van der Waals surface area contributed by atoms with Gasteiger partial charge in [0.25, 0.3) is 0 Å². The van der Waals surface area contributed by atoms with Gasteiger partial charge < -0.3 is 4.74 Å². The molecule has 0 N–H and O–H groups in total. The zero-order valence-corrected chi connectivity index (χ0v) is 12.3. The Morgan fingerprint density at radius 2 is 1.35 bits per heavy atom. The fraction of sp³-hybridized carbons (Fsp3) is 0.667. The molecule has 0 atom stereocenters. The molecule has 2 heteroatoms. The molecule has 20 heavy (non-hydrogen) atoms. The molecule has 3 aliphatic rings. The maximum absolute atomic E-state index is 5.31. The van der Waals surface area contributed by atoms with Gasteiger partial charge in [-0.15, -0.1) is 0 Å². The van der Waals surface area contributed by atoms with Gasteiger partial charge >= 0.3 is 0 Å². The summed E-state index contributed by atoms with van der Waals surface area (Å²) in [7, 11) is 0. The van der Waals surface area contributed by atoms with E-state index in [0.29, 0.717) is 0 Å². The summed E-state index contributed by atoms with van der Waals surface area (Å²) >= 11 is 0. The van der Waals surface area contributed by atoms with Crippen LogP contribution in [0.25, 0.3) is 0 Å². The summed E-state index contributed by atoms with van der Waals surface area (Å²) in [4.78, 5) is 2.63. The SMILES string of the molecule is c1cc(C2CCN(C3COC3)CC2)ccc1C1CCC1. The molecule has 0 amide bonds. The molecule has 0 bridgehead atoms. The number of piperidine rings is 1. The normalized spacial score (nSPS) is 26.2. The molecular formula is C18H25NO. The summed E-state index contributed by atoms with van der Waals surface area (Å²) in [6.45, 7) is 4.42. The molecule has 2 aliphatic heterocycles. The first-order valence-electron chi connectivity index (χ1n) is 8.32. The van der Waals surface area contributed by atoms with Gasteiger partial charge in [-0.3, -0.25) is 4.90 Å². The zero-order valence-electron chi connectivity index (χ0n) is 12.3. The van der Waals surface area contributed by atoms with E-state index in [4.69, 9.17) is 4.74 Å². The van der Waals surface area contributed by atoms with Crippen LogP contribution in [0.15, 0.2) is 24.3 Å². The van der Waals surface area contributed by atoms with Crippen LogP contribution in [0.2, 0.25) is 0 Å². The van der Waals surface area contributed by atoms with Gasteiger partial charge in [-0.2, -0.15) is 0 Å². The molecule has 1 aliphatic carbocycles. The highest BCUT2D eigenvalue weighted by Gasteiger charge is 2.30. The van der Waals surface area contributed by atoms with Crippen LogP contribution in [-0.2, 0) is 4.74 Å². The van der Waals surface area contributed by atoms with E-state index in [1.54, 1.807) is 11.1 Å². The average Bonchev–Trinajstić information content (AvgIpc) is 2.37. The molecule has 3 fully saturated rings. The van der Waals surface area contributed by atoms with Crippen molar-refractivity contribution in [2.45, 2.75) is 50.0 Å². The Kier molecular flexibility index (Phi) is 3.53. The Balaban J connectivity index is 1.36. The van der Waals surface area contributed by atoms with Gasteiger partial charge in [-0.05, 0) is 61.7 Å². The first-order chi connectivity index (χ1) is 9.90. The number of ether oxygens (including phenoxy) is 1. The van der Waals surface area contributed by atoms with Gasteiger partial charge in [-0.25, -0.2) is 0 Å². The minimum atomic E-state index is 0.719. The summed E-state index contributed by atoms with van der Waals surface area (Å²) in [5.74, 6) is 1.65. The maximum atomic E-state index is 5.31. The third-order valence-corrected chi connectivity index (χ3v) is 5.65. The van der Waals surface area contributed by atoms with E-state index >= 15 is 0 Å². The molecule has 4 rings (SSSR count). The lowest BCUT2D eigenvalue weighted by molar-refractivity contribution is -0.0712. The fourth-order valence-electron chi connectivity index (χ4n) is 3.81. The van der Waals surface area contributed by atoms with Gasteiger partial charge in [0.05, 0.1) is 19.3 Å². The second-order valence-electron chi connectivity index (χ2n) is 6.80. The Morgan fingerprint density at radius 1 is 0.800 bits per heavy atom. The van der Waals surface area contributed by atoms with Crippen molar-refractivity contribution in [3.05, 3.63) is 35.4 Å². The molecule has 2 nitrogen and oxygen atoms in total. The lowest BCUT2D eigenvalue weighted by atomic mass is 9.79. The number of hydrogen-bond acceptors (Lipinski definition) is 2. The van der Waals surface area contributed by atoms with Crippen LogP contribution < -0.4 is 0 Å². The Morgan fingerprint density at radius 3 is 1.75 bits per heavy atom. The summed E-state index contributed by atoms with van der Waals surface area (Å²) in [5.41, 5.74) is 3.14. The van der Waals surface area contributed by atoms with Crippen LogP contribution in [0.4, 0.5) is 0 Å². The van der Waals surface area contributed by atoms with E-state index in [2.05, 4.69) is 29.2 Å². The highest BCUT2D eigenvalue weighted by Crippen LogP contribution is 2.37. The molecule has 0 aromatic heterocycles. The monoisotopic (exact) mass is 271 g/mol. The van der Waals surface area contributed by atoms with Crippen molar-refractivity contribution >= 4 is 0 Å². The minimum absolute atomic E-state index is 0.719. The van der Waals surface area contributed by atoms with Crippen molar-refractivity contribution in [2.24, 2.45) is 0 Å². The smallest absolute Gasteiger partial charge is 0.0645 e. The van der Waals surface area contributed by atoms with E-state index in [0.717, 1.165) is 31.1 Å². The fourth-order valence-corrected chi connectivity index (χ4v) is 3.81. The number of hydrogen-bond donors (Lipinski definition) is 0. The summed E-state index contributed by atoms with van der Waals surface area (Å²) in [6, 6.07) is 10.3. The van der Waals surface area contributed by atoms with Crippen LogP contribution in [0.1, 0.15) is 55.1 Å². The van der Waals surface area contributed by atoms with Crippen molar-refractivity contribution in [3.8, 4) is 0 Å². The molecule has 108 valence electrons. The Bertz CT molecular complexity index is 439. The van der Waals surface area contributed by atoms with Gasteiger partial charge in [0.1, 0.15) is 0 Å². The number of nitrogens with zero attached hydrogens (tertiary/aromatic N) is 1.